The van der Waals surface area contributed by atoms with Crippen LogP contribution in [0.1, 0.15) is 12.8 Å². The summed E-state index contributed by atoms with van der Waals surface area (Å²) in [6.45, 7) is 0.170. The Labute approximate surface area is 105 Å². The van der Waals surface area contributed by atoms with Crippen LogP contribution in [0.25, 0.3) is 0 Å². The van der Waals surface area contributed by atoms with Crippen molar-refractivity contribution in [3.8, 4) is 0 Å². The zero-order chi connectivity index (χ0) is 13.0. The minimum Gasteiger partial charge on any atom is -0.384 e. The summed E-state index contributed by atoms with van der Waals surface area (Å²) in [5.74, 6) is 0. The van der Waals surface area contributed by atoms with Gasteiger partial charge in [-0.1, -0.05) is 18.2 Å². The highest BCUT2D eigenvalue weighted by atomic mass is 19.4. The van der Waals surface area contributed by atoms with Crippen molar-refractivity contribution in [2.45, 2.75) is 25.1 Å². The Kier molecular flexibility index (Phi) is 4.11. The molecule has 0 bridgehead atoms. The normalized spacial score (nSPS) is 16.0. The molecule has 0 heterocycles. The summed E-state index contributed by atoms with van der Waals surface area (Å²) >= 11 is 0. The maximum absolute atomic E-state index is 12.4. The van der Waals surface area contributed by atoms with E-state index in [1.165, 1.54) is 4.90 Å². The molecule has 5 heteroatoms. The molecule has 1 aliphatic rings. The minimum absolute atomic E-state index is 0.129. The molecule has 1 saturated carbocycles. The highest BCUT2D eigenvalue weighted by Gasteiger charge is 2.37. The summed E-state index contributed by atoms with van der Waals surface area (Å²) in [7, 11) is 0. The van der Waals surface area contributed by atoms with Crippen LogP contribution in [-0.4, -0.2) is 36.8 Å². The number of benzene rings is 1. The van der Waals surface area contributed by atoms with Crippen LogP contribution in [0.5, 0.6) is 0 Å². The molecule has 0 atom stereocenters. The molecule has 2 rings (SSSR count). The topological polar surface area (TPSA) is 15.3 Å². The van der Waals surface area contributed by atoms with E-state index < -0.39 is 12.7 Å². The Morgan fingerprint density at radius 3 is 2.39 bits per heavy atom. The zero-order valence-electron chi connectivity index (χ0n) is 10.1. The van der Waals surface area contributed by atoms with Crippen molar-refractivity contribution in [2.24, 2.45) is 0 Å². The van der Waals surface area contributed by atoms with Gasteiger partial charge >= 0.3 is 6.18 Å². The van der Waals surface area contributed by atoms with Crippen LogP contribution < -0.4 is 5.32 Å². The molecule has 2 nitrogen and oxygen atoms in total. The molecule has 1 fully saturated rings. The smallest absolute Gasteiger partial charge is 0.384 e. The van der Waals surface area contributed by atoms with E-state index in [-0.39, 0.29) is 6.04 Å². The van der Waals surface area contributed by atoms with Gasteiger partial charge in [-0.05, 0) is 25.0 Å². The fraction of sp³-hybridized carbons (Fsp3) is 0.538. The van der Waals surface area contributed by atoms with Crippen LogP contribution in [0.15, 0.2) is 30.3 Å². The predicted octanol–water partition coefficient (Wildman–Crippen LogP) is 3.13. The van der Waals surface area contributed by atoms with E-state index in [0.29, 0.717) is 13.1 Å². The third-order valence-electron chi connectivity index (χ3n) is 2.95. The van der Waals surface area contributed by atoms with Crippen LogP contribution in [0, 0.1) is 0 Å². The second-order valence-electron chi connectivity index (χ2n) is 4.61. The first-order chi connectivity index (χ1) is 8.54. The third-order valence-corrected chi connectivity index (χ3v) is 2.95. The Morgan fingerprint density at radius 1 is 1.17 bits per heavy atom. The summed E-state index contributed by atoms with van der Waals surface area (Å²) in [6.07, 6.45) is -2.32. The number of alkyl halides is 3. The summed E-state index contributed by atoms with van der Waals surface area (Å²) < 4.78 is 37.1. The number of para-hydroxylation sites is 1. The van der Waals surface area contributed by atoms with Gasteiger partial charge in [0.15, 0.2) is 0 Å². The Hall–Kier alpha value is -1.23. The fourth-order valence-corrected chi connectivity index (χ4v) is 1.96. The molecule has 0 unspecified atom stereocenters. The van der Waals surface area contributed by atoms with Gasteiger partial charge in [0.05, 0.1) is 6.54 Å². The van der Waals surface area contributed by atoms with E-state index in [2.05, 4.69) is 5.32 Å². The molecule has 0 spiro atoms. The van der Waals surface area contributed by atoms with Crippen molar-refractivity contribution in [1.82, 2.24) is 4.90 Å². The van der Waals surface area contributed by atoms with Crippen molar-refractivity contribution in [2.75, 3.05) is 25.0 Å². The highest BCUT2D eigenvalue weighted by Crippen LogP contribution is 2.29. The quantitative estimate of drug-likeness (QED) is 0.843. The maximum Gasteiger partial charge on any atom is 0.401 e. The maximum atomic E-state index is 12.4. The standard InChI is InChI=1S/C13H17F3N2/c14-13(15,16)10-18(12-6-7-12)9-8-17-11-4-2-1-3-5-11/h1-5,12,17H,6-10H2. The molecule has 0 radical (unpaired) electrons. The molecular weight excluding hydrogens is 241 g/mol. The van der Waals surface area contributed by atoms with Gasteiger partial charge in [-0.25, -0.2) is 0 Å². The summed E-state index contributed by atoms with van der Waals surface area (Å²) in [4.78, 5) is 1.52. The lowest BCUT2D eigenvalue weighted by atomic mass is 10.3. The van der Waals surface area contributed by atoms with Crippen molar-refractivity contribution in [3.63, 3.8) is 0 Å². The SMILES string of the molecule is FC(F)(F)CN(CCNc1ccccc1)C1CC1. The van der Waals surface area contributed by atoms with Gasteiger partial charge in [-0.2, -0.15) is 13.2 Å². The summed E-state index contributed by atoms with van der Waals surface area (Å²) in [5.41, 5.74) is 0.945. The monoisotopic (exact) mass is 258 g/mol. The van der Waals surface area contributed by atoms with E-state index in [1.807, 2.05) is 30.3 Å². The number of anilines is 1. The van der Waals surface area contributed by atoms with Gasteiger partial charge in [-0.3, -0.25) is 4.90 Å². The average Bonchev–Trinajstić information content (AvgIpc) is 3.11. The molecule has 1 aromatic rings. The first-order valence-corrected chi connectivity index (χ1v) is 6.14. The molecule has 0 aliphatic heterocycles. The second kappa shape index (κ2) is 5.61. The second-order valence-corrected chi connectivity index (χ2v) is 4.61. The molecule has 100 valence electrons. The number of hydrogen-bond donors (Lipinski definition) is 1. The lowest BCUT2D eigenvalue weighted by Gasteiger charge is -2.23. The van der Waals surface area contributed by atoms with E-state index in [1.54, 1.807) is 0 Å². The largest absolute Gasteiger partial charge is 0.401 e. The van der Waals surface area contributed by atoms with Crippen LogP contribution in [-0.2, 0) is 0 Å². The average molecular weight is 258 g/mol. The van der Waals surface area contributed by atoms with E-state index in [4.69, 9.17) is 0 Å². The first kappa shape index (κ1) is 13.2. The van der Waals surface area contributed by atoms with E-state index in [9.17, 15) is 13.2 Å². The van der Waals surface area contributed by atoms with Crippen LogP contribution in [0.4, 0.5) is 18.9 Å². The highest BCUT2D eigenvalue weighted by molar-refractivity contribution is 5.42. The molecular formula is C13H17F3N2. The van der Waals surface area contributed by atoms with Gasteiger partial charge in [0.25, 0.3) is 0 Å². The van der Waals surface area contributed by atoms with Crippen molar-refractivity contribution in [1.29, 1.82) is 0 Å². The molecule has 1 aliphatic carbocycles. The molecule has 0 amide bonds. The Balaban J connectivity index is 1.76. The van der Waals surface area contributed by atoms with E-state index >= 15 is 0 Å². The molecule has 1 N–H and O–H groups in total. The van der Waals surface area contributed by atoms with Crippen molar-refractivity contribution >= 4 is 5.69 Å². The Morgan fingerprint density at radius 2 is 1.83 bits per heavy atom. The lowest BCUT2D eigenvalue weighted by molar-refractivity contribution is -0.146. The number of rotatable bonds is 6. The van der Waals surface area contributed by atoms with Gasteiger partial charge in [0, 0.05) is 24.8 Å². The van der Waals surface area contributed by atoms with Gasteiger partial charge < -0.3 is 5.32 Å². The first-order valence-electron chi connectivity index (χ1n) is 6.14. The van der Waals surface area contributed by atoms with Crippen molar-refractivity contribution in [3.05, 3.63) is 30.3 Å². The predicted molar refractivity (Wildman–Crippen MR) is 65.6 cm³/mol. The molecule has 18 heavy (non-hydrogen) atoms. The molecule has 1 aromatic carbocycles. The molecule has 0 saturated heterocycles. The number of nitrogens with one attached hydrogen (secondary N) is 1. The van der Waals surface area contributed by atoms with Crippen LogP contribution >= 0.6 is 0 Å². The number of halogens is 3. The van der Waals surface area contributed by atoms with Crippen molar-refractivity contribution < 1.29 is 13.2 Å². The summed E-state index contributed by atoms with van der Waals surface area (Å²) in [6, 6.07) is 9.65. The number of nitrogens with zero attached hydrogens (tertiary/aromatic N) is 1. The van der Waals surface area contributed by atoms with Gasteiger partial charge in [0.2, 0.25) is 0 Å². The van der Waals surface area contributed by atoms with Gasteiger partial charge in [-0.15, -0.1) is 0 Å². The van der Waals surface area contributed by atoms with Gasteiger partial charge in [0.1, 0.15) is 0 Å². The minimum atomic E-state index is -4.10. The van der Waals surface area contributed by atoms with E-state index in [0.717, 1.165) is 18.5 Å². The van der Waals surface area contributed by atoms with Crippen LogP contribution in [0.3, 0.4) is 0 Å². The Bertz CT molecular complexity index is 360. The summed E-state index contributed by atoms with van der Waals surface area (Å²) in [5, 5.41) is 3.13. The lowest BCUT2D eigenvalue weighted by Crippen LogP contribution is -2.38. The van der Waals surface area contributed by atoms with Crippen LogP contribution in [0.2, 0.25) is 0 Å². The third kappa shape index (κ3) is 4.56. The fourth-order valence-electron chi connectivity index (χ4n) is 1.96. The zero-order valence-corrected chi connectivity index (χ0v) is 10.1. The number of hydrogen-bond acceptors (Lipinski definition) is 2. The molecule has 0 aromatic heterocycles.